The molecule has 18 heavy (non-hydrogen) atoms. The number of rotatable bonds is 3. The van der Waals surface area contributed by atoms with Gasteiger partial charge in [0.25, 0.3) is 5.91 Å². The summed E-state index contributed by atoms with van der Waals surface area (Å²) in [5.74, 6) is -0.0600. The Hall–Kier alpha value is -2.11. The topological polar surface area (TPSA) is 81.5 Å². The largest absolute Gasteiger partial charge is 0.473 e. The monoisotopic (exact) mass is 250 g/mol. The van der Waals surface area contributed by atoms with Gasteiger partial charge in [-0.2, -0.15) is 0 Å². The van der Waals surface area contributed by atoms with E-state index >= 15 is 0 Å². The number of hydrogen-bond donors (Lipinski definition) is 1. The zero-order valence-corrected chi connectivity index (χ0v) is 9.80. The van der Waals surface area contributed by atoms with Gasteiger partial charge in [-0.3, -0.25) is 14.9 Å². The maximum Gasteiger partial charge on any atom is 0.310 e. The summed E-state index contributed by atoms with van der Waals surface area (Å²) in [5, 5.41) is 13.6. The van der Waals surface area contributed by atoms with Crippen LogP contribution in [0.2, 0.25) is 0 Å². The molecule has 1 atom stereocenters. The van der Waals surface area contributed by atoms with Crippen molar-refractivity contribution in [3.8, 4) is 5.75 Å². The van der Waals surface area contributed by atoms with Crippen LogP contribution in [-0.4, -0.2) is 23.5 Å². The van der Waals surface area contributed by atoms with Crippen molar-refractivity contribution >= 4 is 11.6 Å². The predicted octanol–water partition coefficient (Wildman–Crippen LogP) is 1.64. The van der Waals surface area contributed by atoms with Crippen molar-refractivity contribution in [2.45, 2.75) is 25.4 Å². The van der Waals surface area contributed by atoms with Gasteiger partial charge in [0.15, 0.2) is 11.9 Å². The van der Waals surface area contributed by atoms with E-state index in [0.717, 1.165) is 12.8 Å². The van der Waals surface area contributed by atoms with Gasteiger partial charge in [0.1, 0.15) is 0 Å². The zero-order chi connectivity index (χ0) is 13.0. The second-order valence-electron chi connectivity index (χ2n) is 4.12. The first-order valence-electron chi connectivity index (χ1n) is 5.86. The highest BCUT2D eigenvalue weighted by Crippen LogP contribution is 2.27. The summed E-state index contributed by atoms with van der Waals surface area (Å²) < 4.78 is 5.49. The minimum atomic E-state index is -0.645. The van der Waals surface area contributed by atoms with E-state index in [9.17, 15) is 14.9 Å². The van der Waals surface area contributed by atoms with E-state index in [4.69, 9.17) is 4.74 Å². The lowest BCUT2D eigenvalue weighted by Crippen LogP contribution is -2.36. The summed E-state index contributed by atoms with van der Waals surface area (Å²) in [6, 6.07) is 6.09. The molecule has 1 aliphatic heterocycles. The Morgan fingerprint density at radius 1 is 1.33 bits per heavy atom. The third-order valence-corrected chi connectivity index (χ3v) is 2.82. The fourth-order valence-electron chi connectivity index (χ4n) is 1.88. The van der Waals surface area contributed by atoms with E-state index < -0.39 is 11.0 Å². The number of nitro groups is 1. The molecule has 1 fully saturated rings. The van der Waals surface area contributed by atoms with Crippen LogP contribution in [0.4, 0.5) is 5.69 Å². The van der Waals surface area contributed by atoms with Crippen LogP contribution in [-0.2, 0) is 4.79 Å². The first-order valence-corrected chi connectivity index (χ1v) is 5.86. The lowest BCUT2D eigenvalue weighted by Gasteiger charge is -2.15. The van der Waals surface area contributed by atoms with Crippen LogP contribution >= 0.6 is 0 Å². The summed E-state index contributed by atoms with van der Waals surface area (Å²) in [5.41, 5.74) is -0.116. The van der Waals surface area contributed by atoms with Crippen LogP contribution in [0, 0.1) is 10.1 Å². The Bertz CT molecular complexity index is 461. The molecule has 2 rings (SSSR count). The van der Waals surface area contributed by atoms with E-state index in [2.05, 4.69) is 5.32 Å². The van der Waals surface area contributed by atoms with Crippen LogP contribution < -0.4 is 10.1 Å². The normalized spacial score (nSPS) is 19.8. The number of hydrogen-bond acceptors (Lipinski definition) is 4. The van der Waals surface area contributed by atoms with Gasteiger partial charge in [0, 0.05) is 12.6 Å². The van der Waals surface area contributed by atoms with Gasteiger partial charge in [0.2, 0.25) is 0 Å². The number of nitrogens with one attached hydrogen (secondary N) is 1. The molecule has 1 aliphatic rings. The third-order valence-electron chi connectivity index (χ3n) is 2.82. The first kappa shape index (κ1) is 12.3. The average molecular weight is 250 g/mol. The summed E-state index contributed by atoms with van der Waals surface area (Å²) in [6.07, 6.45) is 1.71. The summed E-state index contributed by atoms with van der Waals surface area (Å²) in [4.78, 5) is 22.0. The molecule has 0 radical (unpaired) electrons. The van der Waals surface area contributed by atoms with E-state index in [1.165, 1.54) is 12.1 Å². The molecule has 0 spiro atoms. The fourth-order valence-corrected chi connectivity index (χ4v) is 1.88. The van der Waals surface area contributed by atoms with Gasteiger partial charge < -0.3 is 10.1 Å². The molecule has 96 valence electrons. The van der Waals surface area contributed by atoms with Crippen LogP contribution in [0.1, 0.15) is 19.3 Å². The molecule has 1 aromatic rings. The molecule has 1 aromatic carbocycles. The Morgan fingerprint density at radius 2 is 2.11 bits per heavy atom. The number of benzene rings is 1. The van der Waals surface area contributed by atoms with Gasteiger partial charge in [0.05, 0.1) is 4.92 Å². The molecule has 6 nitrogen and oxygen atoms in total. The maximum absolute atomic E-state index is 11.7. The number of nitro benzene ring substituents is 1. The average Bonchev–Trinajstić information content (AvgIpc) is 2.55. The Balaban J connectivity index is 2.17. The number of ether oxygens (including phenoxy) is 1. The lowest BCUT2D eigenvalue weighted by molar-refractivity contribution is -0.386. The van der Waals surface area contributed by atoms with Crippen LogP contribution in [0.3, 0.4) is 0 Å². The standard InChI is InChI=1S/C12H14N2O4/c15-12-11(7-3-4-8-13-12)18-10-6-2-1-5-9(10)14(16)17/h1-2,5-6,11H,3-4,7-8H2,(H,13,15). The molecule has 1 heterocycles. The quantitative estimate of drug-likeness (QED) is 0.653. The summed E-state index contributed by atoms with van der Waals surface area (Å²) >= 11 is 0. The number of carbonyl (C=O) groups is 1. The molecular weight excluding hydrogens is 236 g/mol. The highest BCUT2D eigenvalue weighted by atomic mass is 16.6. The number of para-hydroxylation sites is 2. The van der Waals surface area contributed by atoms with Gasteiger partial charge in [-0.1, -0.05) is 12.1 Å². The minimum Gasteiger partial charge on any atom is -0.473 e. The minimum absolute atomic E-state index is 0.116. The predicted molar refractivity (Wildman–Crippen MR) is 64.4 cm³/mol. The van der Waals surface area contributed by atoms with Gasteiger partial charge in [-0.05, 0) is 25.3 Å². The van der Waals surface area contributed by atoms with Crippen molar-refractivity contribution in [2.24, 2.45) is 0 Å². The second kappa shape index (κ2) is 5.48. The van der Waals surface area contributed by atoms with Crippen LogP contribution in [0.15, 0.2) is 24.3 Å². The van der Waals surface area contributed by atoms with Crippen molar-refractivity contribution in [2.75, 3.05) is 6.54 Å². The molecule has 6 heteroatoms. The number of carbonyl (C=O) groups excluding carboxylic acids is 1. The van der Waals surface area contributed by atoms with Gasteiger partial charge >= 0.3 is 5.69 Å². The Kier molecular flexibility index (Phi) is 3.76. The summed E-state index contributed by atoms with van der Waals surface area (Å²) in [6.45, 7) is 0.635. The maximum atomic E-state index is 11.7. The molecule has 0 aromatic heterocycles. The second-order valence-corrected chi connectivity index (χ2v) is 4.12. The Morgan fingerprint density at radius 3 is 2.89 bits per heavy atom. The molecule has 1 amide bonds. The van der Waals surface area contributed by atoms with E-state index in [1.54, 1.807) is 12.1 Å². The van der Waals surface area contributed by atoms with Gasteiger partial charge in [-0.25, -0.2) is 0 Å². The zero-order valence-electron chi connectivity index (χ0n) is 9.80. The molecule has 1 unspecified atom stereocenters. The van der Waals surface area contributed by atoms with Crippen LogP contribution in [0.5, 0.6) is 5.75 Å². The van der Waals surface area contributed by atoms with E-state index in [1.807, 2.05) is 0 Å². The molecule has 0 bridgehead atoms. The number of amides is 1. The van der Waals surface area contributed by atoms with Crippen molar-refractivity contribution in [3.63, 3.8) is 0 Å². The van der Waals surface area contributed by atoms with Crippen molar-refractivity contribution in [1.29, 1.82) is 0 Å². The smallest absolute Gasteiger partial charge is 0.310 e. The van der Waals surface area contributed by atoms with Crippen LogP contribution in [0.25, 0.3) is 0 Å². The molecule has 1 saturated heterocycles. The molecule has 0 aliphatic carbocycles. The molecule has 0 saturated carbocycles. The third kappa shape index (κ3) is 2.77. The SMILES string of the molecule is O=C1NCCCCC1Oc1ccccc1[N+](=O)[O-]. The summed E-state index contributed by atoms with van der Waals surface area (Å²) in [7, 11) is 0. The molecular formula is C12H14N2O4. The highest BCUT2D eigenvalue weighted by molar-refractivity contribution is 5.81. The van der Waals surface area contributed by atoms with E-state index in [0.29, 0.717) is 13.0 Å². The van der Waals surface area contributed by atoms with Crippen molar-refractivity contribution in [3.05, 3.63) is 34.4 Å². The van der Waals surface area contributed by atoms with Crippen molar-refractivity contribution < 1.29 is 14.5 Å². The fraction of sp³-hybridized carbons (Fsp3) is 0.417. The Labute approximate surface area is 104 Å². The number of nitrogens with zero attached hydrogens (tertiary/aromatic N) is 1. The van der Waals surface area contributed by atoms with Crippen molar-refractivity contribution in [1.82, 2.24) is 5.32 Å². The van der Waals surface area contributed by atoms with E-state index in [-0.39, 0.29) is 17.3 Å². The first-order chi connectivity index (χ1) is 8.68. The lowest BCUT2D eigenvalue weighted by atomic mass is 10.2. The highest BCUT2D eigenvalue weighted by Gasteiger charge is 2.25. The molecule has 1 N–H and O–H groups in total. The van der Waals surface area contributed by atoms with Gasteiger partial charge in [-0.15, -0.1) is 0 Å².